The summed E-state index contributed by atoms with van der Waals surface area (Å²) in [7, 11) is 2.96. The maximum absolute atomic E-state index is 13.7. The van der Waals surface area contributed by atoms with Crippen LogP contribution in [0, 0.1) is 0 Å². The highest BCUT2D eigenvalue weighted by Gasteiger charge is 2.63. The Balaban J connectivity index is 1.69. The largest absolute Gasteiger partial charge is 0.482 e. The highest BCUT2D eigenvalue weighted by Crippen LogP contribution is 2.63. The normalized spacial score (nSPS) is 26.4. The fourth-order valence-electron chi connectivity index (χ4n) is 3.80. The summed E-state index contributed by atoms with van der Waals surface area (Å²) in [5.41, 5.74) is 0.0281. The Kier molecular flexibility index (Phi) is 3.69. The molecule has 4 nitrogen and oxygen atoms in total. The molecule has 2 aromatic carbocycles. The van der Waals surface area contributed by atoms with Gasteiger partial charge >= 0.3 is 0 Å². The predicted molar refractivity (Wildman–Crippen MR) is 113 cm³/mol. The van der Waals surface area contributed by atoms with Crippen LogP contribution in [0.5, 0.6) is 11.5 Å². The highest BCUT2D eigenvalue weighted by molar-refractivity contribution is 8.79. The number of hydrogen-bond donors (Lipinski definition) is 0. The second-order valence-corrected chi connectivity index (χ2v) is 10.4. The summed E-state index contributed by atoms with van der Waals surface area (Å²) in [6.07, 6.45) is 0. The molecule has 0 fully saturated rings. The smallest absolute Gasteiger partial charge is 0.265 e. The Labute approximate surface area is 172 Å². The molecule has 5 rings (SSSR count). The summed E-state index contributed by atoms with van der Waals surface area (Å²) >= 11 is 0. The van der Waals surface area contributed by atoms with Crippen molar-refractivity contribution in [2.45, 2.75) is 43.8 Å². The Morgan fingerprint density at radius 3 is 2.11 bits per heavy atom. The van der Waals surface area contributed by atoms with Crippen molar-refractivity contribution in [2.75, 3.05) is 0 Å². The van der Waals surface area contributed by atoms with E-state index in [2.05, 4.69) is 0 Å². The molecule has 3 aliphatic rings. The Morgan fingerprint density at radius 1 is 0.786 bits per heavy atom. The van der Waals surface area contributed by atoms with Crippen molar-refractivity contribution >= 4 is 33.1 Å². The third-order valence-electron chi connectivity index (χ3n) is 5.33. The van der Waals surface area contributed by atoms with Gasteiger partial charge in [-0.1, -0.05) is 24.3 Å². The molecule has 3 heterocycles. The molecule has 2 aromatic rings. The van der Waals surface area contributed by atoms with E-state index in [9.17, 15) is 4.79 Å². The monoisotopic (exact) mass is 412 g/mol. The Bertz CT molecular complexity index is 1040. The van der Waals surface area contributed by atoms with Gasteiger partial charge in [-0.3, -0.25) is 4.79 Å². The quantitative estimate of drug-likeness (QED) is 0.518. The first-order chi connectivity index (χ1) is 13.3. The van der Waals surface area contributed by atoms with E-state index >= 15 is 0 Å². The van der Waals surface area contributed by atoms with Crippen LogP contribution in [0.15, 0.2) is 53.4 Å². The molecule has 6 heteroatoms. The molecule has 0 aromatic heterocycles. The molecule has 0 bridgehead atoms. The van der Waals surface area contributed by atoms with Gasteiger partial charge in [-0.05, 0) is 73.5 Å². The van der Waals surface area contributed by atoms with Crippen molar-refractivity contribution in [3.8, 4) is 11.5 Å². The molecule has 0 unspecified atom stereocenters. The van der Waals surface area contributed by atoms with E-state index in [0.29, 0.717) is 17.1 Å². The molecule has 1 atom stereocenters. The minimum atomic E-state index is -1.19. The van der Waals surface area contributed by atoms with Crippen LogP contribution in [-0.2, 0) is 4.74 Å². The van der Waals surface area contributed by atoms with Gasteiger partial charge in [-0.25, -0.2) is 0 Å². The predicted octanol–water partition coefficient (Wildman–Crippen LogP) is 5.69. The minimum absolute atomic E-state index is 0.0646. The SMILES string of the molecule is CC1(C)Oc2ccccc2C2=C1SS[C@]1(O2)C(=O)c2ccccc2OC1(C)C. The summed E-state index contributed by atoms with van der Waals surface area (Å²) in [6.45, 7) is 7.87. The van der Waals surface area contributed by atoms with Gasteiger partial charge in [0.25, 0.3) is 4.93 Å². The first-order valence-corrected chi connectivity index (χ1v) is 11.3. The van der Waals surface area contributed by atoms with Crippen LogP contribution < -0.4 is 9.47 Å². The van der Waals surface area contributed by atoms with E-state index in [1.807, 2.05) is 70.2 Å². The maximum Gasteiger partial charge on any atom is 0.265 e. The highest BCUT2D eigenvalue weighted by atomic mass is 33.1. The Morgan fingerprint density at radius 2 is 1.39 bits per heavy atom. The first-order valence-electron chi connectivity index (χ1n) is 9.16. The molecule has 3 aliphatic heterocycles. The molecular formula is C22H20O4S2. The maximum atomic E-state index is 13.7. The van der Waals surface area contributed by atoms with Crippen molar-refractivity contribution < 1.29 is 19.0 Å². The summed E-state index contributed by atoms with van der Waals surface area (Å²) in [5.74, 6) is 2.01. The van der Waals surface area contributed by atoms with E-state index in [1.54, 1.807) is 16.9 Å². The van der Waals surface area contributed by atoms with Crippen LogP contribution in [0.1, 0.15) is 43.6 Å². The van der Waals surface area contributed by atoms with Crippen molar-refractivity contribution in [2.24, 2.45) is 0 Å². The van der Waals surface area contributed by atoms with Crippen molar-refractivity contribution in [1.29, 1.82) is 0 Å². The van der Waals surface area contributed by atoms with Crippen LogP contribution in [0.4, 0.5) is 0 Å². The van der Waals surface area contributed by atoms with E-state index < -0.39 is 16.1 Å². The number of ketones is 1. The zero-order valence-corrected chi connectivity index (χ0v) is 17.7. The van der Waals surface area contributed by atoms with Gasteiger partial charge in [0.1, 0.15) is 22.9 Å². The van der Waals surface area contributed by atoms with Gasteiger partial charge in [0.05, 0.1) is 16.0 Å². The number of benzene rings is 2. The lowest BCUT2D eigenvalue weighted by molar-refractivity contribution is -0.0448. The van der Waals surface area contributed by atoms with Crippen LogP contribution in [-0.4, -0.2) is 21.9 Å². The number of carbonyl (C=O) groups excluding carboxylic acids is 1. The molecular weight excluding hydrogens is 392 g/mol. The van der Waals surface area contributed by atoms with Crippen LogP contribution in [0.3, 0.4) is 0 Å². The van der Waals surface area contributed by atoms with E-state index in [1.165, 1.54) is 10.8 Å². The standard InChI is InChI=1S/C22H20O4S2/c1-20(2)19-17(13-9-5-7-11-15(13)24-20)26-22(28-27-19)18(23)14-10-6-8-12-16(14)25-21(22,3)4/h5-12H,1-4H3/t22-/m1/s1. The molecule has 0 amide bonds. The lowest BCUT2D eigenvalue weighted by Crippen LogP contribution is -2.61. The van der Waals surface area contributed by atoms with Crippen LogP contribution in [0.2, 0.25) is 0 Å². The molecule has 0 radical (unpaired) electrons. The van der Waals surface area contributed by atoms with E-state index in [0.717, 1.165) is 16.2 Å². The van der Waals surface area contributed by atoms with E-state index in [4.69, 9.17) is 14.2 Å². The zero-order valence-electron chi connectivity index (χ0n) is 16.1. The summed E-state index contributed by atoms with van der Waals surface area (Å²) in [5, 5.41) is 0. The van der Waals surface area contributed by atoms with Gasteiger partial charge in [0.2, 0.25) is 5.78 Å². The number of fused-ring (bicyclic) bond motifs is 3. The lowest BCUT2D eigenvalue weighted by Gasteiger charge is -2.51. The van der Waals surface area contributed by atoms with Gasteiger partial charge in [-0.2, -0.15) is 0 Å². The average Bonchev–Trinajstić information content (AvgIpc) is 2.66. The van der Waals surface area contributed by atoms with Gasteiger partial charge < -0.3 is 14.2 Å². The van der Waals surface area contributed by atoms with Gasteiger partial charge in [0, 0.05) is 0 Å². The number of ether oxygens (including phenoxy) is 3. The number of Topliss-reactive ketones (excluding diaryl/α,β-unsaturated/α-hetero) is 1. The minimum Gasteiger partial charge on any atom is -0.482 e. The average molecular weight is 413 g/mol. The van der Waals surface area contributed by atoms with Crippen molar-refractivity contribution in [3.05, 3.63) is 64.6 Å². The number of hydrogen-bond acceptors (Lipinski definition) is 6. The van der Waals surface area contributed by atoms with Gasteiger partial charge in [-0.15, -0.1) is 0 Å². The summed E-state index contributed by atoms with van der Waals surface area (Å²) < 4.78 is 19.1. The summed E-state index contributed by atoms with van der Waals surface area (Å²) in [6, 6.07) is 15.2. The van der Waals surface area contributed by atoms with Crippen LogP contribution >= 0.6 is 21.6 Å². The third kappa shape index (κ3) is 2.31. The molecule has 144 valence electrons. The Hall–Kier alpha value is -2.05. The number of carbonyl (C=O) groups is 1. The third-order valence-corrected chi connectivity index (χ3v) is 8.70. The topological polar surface area (TPSA) is 44.8 Å². The van der Waals surface area contributed by atoms with Crippen LogP contribution in [0.25, 0.3) is 5.76 Å². The fraction of sp³-hybridized carbons (Fsp3) is 0.318. The number of para-hydroxylation sites is 2. The molecule has 1 spiro atoms. The second kappa shape index (κ2) is 5.74. The van der Waals surface area contributed by atoms with Crippen molar-refractivity contribution in [1.82, 2.24) is 0 Å². The van der Waals surface area contributed by atoms with Crippen molar-refractivity contribution in [3.63, 3.8) is 0 Å². The summed E-state index contributed by atoms with van der Waals surface area (Å²) in [4.78, 5) is 13.5. The first kappa shape index (κ1) is 18.0. The van der Waals surface area contributed by atoms with E-state index in [-0.39, 0.29) is 5.78 Å². The molecule has 0 N–H and O–H groups in total. The number of rotatable bonds is 0. The molecule has 0 saturated heterocycles. The second-order valence-electron chi connectivity index (χ2n) is 8.09. The molecule has 0 aliphatic carbocycles. The van der Waals surface area contributed by atoms with Gasteiger partial charge in [0.15, 0.2) is 5.60 Å². The zero-order chi connectivity index (χ0) is 19.7. The molecule has 28 heavy (non-hydrogen) atoms. The fourth-order valence-corrected chi connectivity index (χ4v) is 7.38. The molecule has 0 saturated carbocycles. The lowest BCUT2D eigenvalue weighted by atomic mass is 9.88.